The number of aromatic nitrogens is 3. The maximum Gasteiger partial charge on any atom is 0.160 e. The van der Waals surface area contributed by atoms with E-state index in [1.54, 1.807) is 0 Å². The Morgan fingerprint density at radius 3 is 1.81 bits per heavy atom. The molecule has 2 heterocycles. The molecule has 0 saturated heterocycles. The number of fused-ring (bicyclic) bond motifs is 5. The SMILES string of the molecule is c1ccc(-c2nc(-c3ccc(-c4ccncc4)cc3)cc(-c3cc4ccc5ccccc5c4c4ccccc34)n2)cc1. The quantitative estimate of drug-likeness (QED) is 0.211. The Kier molecular flexibility index (Phi) is 5.79. The van der Waals surface area contributed by atoms with Crippen LogP contribution in [0.25, 0.3) is 77.3 Å². The molecule has 0 amide bonds. The maximum atomic E-state index is 5.17. The lowest BCUT2D eigenvalue weighted by atomic mass is 9.92. The van der Waals surface area contributed by atoms with Crippen LogP contribution in [0, 0.1) is 0 Å². The lowest BCUT2D eigenvalue weighted by molar-refractivity contribution is 1.19. The monoisotopic (exact) mass is 535 g/mol. The number of rotatable bonds is 4. The van der Waals surface area contributed by atoms with Crippen LogP contribution in [0.3, 0.4) is 0 Å². The third kappa shape index (κ3) is 4.20. The van der Waals surface area contributed by atoms with E-state index in [1.165, 1.54) is 32.3 Å². The summed E-state index contributed by atoms with van der Waals surface area (Å²) in [7, 11) is 0. The van der Waals surface area contributed by atoms with Crippen molar-refractivity contribution in [1.29, 1.82) is 0 Å². The Hall–Kier alpha value is -5.67. The van der Waals surface area contributed by atoms with Crippen LogP contribution in [-0.2, 0) is 0 Å². The summed E-state index contributed by atoms with van der Waals surface area (Å²) in [5.41, 5.74) is 7.22. The summed E-state index contributed by atoms with van der Waals surface area (Å²) >= 11 is 0. The Balaban J connectivity index is 1.36. The minimum absolute atomic E-state index is 0.712. The van der Waals surface area contributed by atoms with Crippen LogP contribution in [0.2, 0.25) is 0 Å². The van der Waals surface area contributed by atoms with E-state index < -0.39 is 0 Å². The minimum atomic E-state index is 0.712. The summed E-state index contributed by atoms with van der Waals surface area (Å²) in [5.74, 6) is 0.712. The first kappa shape index (κ1) is 24.2. The molecule has 0 aliphatic rings. The highest BCUT2D eigenvalue weighted by molar-refractivity contribution is 6.23. The highest BCUT2D eigenvalue weighted by Gasteiger charge is 2.15. The van der Waals surface area contributed by atoms with Gasteiger partial charge < -0.3 is 0 Å². The van der Waals surface area contributed by atoms with Gasteiger partial charge in [0.2, 0.25) is 0 Å². The zero-order valence-electron chi connectivity index (χ0n) is 22.8. The van der Waals surface area contributed by atoms with Gasteiger partial charge in [-0.15, -0.1) is 0 Å². The van der Waals surface area contributed by atoms with Crippen molar-refractivity contribution in [2.45, 2.75) is 0 Å². The molecule has 0 bridgehead atoms. The van der Waals surface area contributed by atoms with Crippen LogP contribution in [0.4, 0.5) is 0 Å². The van der Waals surface area contributed by atoms with Crippen LogP contribution in [0.1, 0.15) is 0 Å². The zero-order valence-corrected chi connectivity index (χ0v) is 22.8. The number of nitrogens with zero attached hydrogens (tertiary/aromatic N) is 3. The predicted molar refractivity (Wildman–Crippen MR) is 174 cm³/mol. The highest BCUT2D eigenvalue weighted by Crippen LogP contribution is 2.39. The molecule has 0 radical (unpaired) electrons. The second kappa shape index (κ2) is 10.1. The lowest BCUT2D eigenvalue weighted by Crippen LogP contribution is -1.97. The molecule has 2 aromatic heterocycles. The molecule has 0 N–H and O–H groups in total. The number of benzene rings is 6. The molecule has 3 nitrogen and oxygen atoms in total. The Morgan fingerprint density at radius 2 is 1.00 bits per heavy atom. The summed E-state index contributed by atoms with van der Waals surface area (Å²) in [6, 6.07) is 49.0. The van der Waals surface area contributed by atoms with Crippen molar-refractivity contribution >= 4 is 32.3 Å². The Labute approximate surface area is 243 Å². The van der Waals surface area contributed by atoms with Gasteiger partial charge in [-0.05, 0) is 67.7 Å². The third-order valence-corrected chi connectivity index (χ3v) is 7.98. The molecule has 8 rings (SSSR count). The van der Waals surface area contributed by atoms with Crippen molar-refractivity contribution < 1.29 is 0 Å². The first-order valence-electron chi connectivity index (χ1n) is 14.1. The van der Waals surface area contributed by atoms with E-state index in [1.807, 2.05) is 42.7 Å². The summed E-state index contributed by atoms with van der Waals surface area (Å²) in [6.45, 7) is 0. The first-order chi connectivity index (χ1) is 20.8. The van der Waals surface area contributed by atoms with E-state index in [9.17, 15) is 0 Å². The van der Waals surface area contributed by atoms with E-state index >= 15 is 0 Å². The highest BCUT2D eigenvalue weighted by atomic mass is 14.9. The molecule has 0 spiro atoms. The molecule has 42 heavy (non-hydrogen) atoms. The fraction of sp³-hybridized carbons (Fsp3) is 0. The second-order valence-corrected chi connectivity index (χ2v) is 10.5. The fourth-order valence-corrected chi connectivity index (χ4v) is 5.92. The molecule has 3 heteroatoms. The third-order valence-electron chi connectivity index (χ3n) is 7.98. The van der Waals surface area contributed by atoms with Crippen molar-refractivity contribution in [1.82, 2.24) is 15.0 Å². The van der Waals surface area contributed by atoms with Gasteiger partial charge in [-0.1, -0.05) is 115 Å². The van der Waals surface area contributed by atoms with Crippen LogP contribution in [0.5, 0.6) is 0 Å². The van der Waals surface area contributed by atoms with E-state index in [4.69, 9.17) is 9.97 Å². The average molecular weight is 536 g/mol. The smallest absolute Gasteiger partial charge is 0.160 e. The average Bonchev–Trinajstić information content (AvgIpc) is 3.08. The minimum Gasteiger partial charge on any atom is -0.265 e. The predicted octanol–water partition coefficient (Wildman–Crippen LogP) is 10.00. The molecular formula is C39H25N3. The summed E-state index contributed by atoms with van der Waals surface area (Å²) in [6.07, 6.45) is 3.64. The molecule has 196 valence electrons. The van der Waals surface area contributed by atoms with Crippen LogP contribution in [-0.4, -0.2) is 15.0 Å². The van der Waals surface area contributed by atoms with Gasteiger partial charge in [0, 0.05) is 29.1 Å². The molecule has 0 atom stereocenters. The van der Waals surface area contributed by atoms with Crippen molar-refractivity contribution in [2.75, 3.05) is 0 Å². The van der Waals surface area contributed by atoms with E-state index in [-0.39, 0.29) is 0 Å². The van der Waals surface area contributed by atoms with Crippen molar-refractivity contribution in [3.8, 4) is 45.0 Å². The molecule has 0 aliphatic heterocycles. The van der Waals surface area contributed by atoms with Crippen LogP contribution >= 0.6 is 0 Å². The molecule has 0 aliphatic carbocycles. The van der Waals surface area contributed by atoms with Gasteiger partial charge in [-0.2, -0.15) is 0 Å². The van der Waals surface area contributed by atoms with E-state index in [2.05, 4.69) is 114 Å². The van der Waals surface area contributed by atoms with Gasteiger partial charge in [0.1, 0.15) is 0 Å². The van der Waals surface area contributed by atoms with Crippen molar-refractivity contribution in [2.24, 2.45) is 0 Å². The standard InChI is InChI=1S/C39H25N3/c1-2-9-30(10-3-1)39-41-36(29-17-14-26(15-18-29)27-20-22-40-23-21-27)25-37(42-39)35-24-31-19-16-28-8-4-5-11-32(28)38(31)34-13-7-6-12-33(34)35/h1-25H. The van der Waals surface area contributed by atoms with Gasteiger partial charge >= 0.3 is 0 Å². The second-order valence-electron chi connectivity index (χ2n) is 10.5. The van der Waals surface area contributed by atoms with Gasteiger partial charge in [0.25, 0.3) is 0 Å². The zero-order chi connectivity index (χ0) is 27.9. The molecular weight excluding hydrogens is 510 g/mol. The summed E-state index contributed by atoms with van der Waals surface area (Å²) in [4.78, 5) is 14.4. The van der Waals surface area contributed by atoms with Gasteiger partial charge in [-0.25, -0.2) is 9.97 Å². The first-order valence-corrected chi connectivity index (χ1v) is 14.1. The van der Waals surface area contributed by atoms with Gasteiger partial charge in [0.15, 0.2) is 5.82 Å². The van der Waals surface area contributed by atoms with Gasteiger partial charge in [-0.3, -0.25) is 4.98 Å². The molecule has 0 unspecified atom stereocenters. The Morgan fingerprint density at radius 1 is 0.381 bits per heavy atom. The van der Waals surface area contributed by atoms with Crippen molar-refractivity contribution in [3.63, 3.8) is 0 Å². The topological polar surface area (TPSA) is 38.7 Å². The Bertz CT molecular complexity index is 2220. The number of hydrogen-bond acceptors (Lipinski definition) is 3. The molecule has 6 aromatic carbocycles. The van der Waals surface area contributed by atoms with E-state index in [0.717, 1.165) is 39.2 Å². The number of hydrogen-bond donors (Lipinski definition) is 0. The molecule has 0 fully saturated rings. The molecule has 8 aromatic rings. The number of pyridine rings is 1. The van der Waals surface area contributed by atoms with Crippen LogP contribution < -0.4 is 0 Å². The van der Waals surface area contributed by atoms with Crippen molar-refractivity contribution in [3.05, 3.63) is 152 Å². The van der Waals surface area contributed by atoms with Crippen LogP contribution in [0.15, 0.2) is 152 Å². The normalized spacial score (nSPS) is 11.3. The summed E-state index contributed by atoms with van der Waals surface area (Å²) in [5, 5.41) is 7.39. The van der Waals surface area contributed by atoms with E-state index in [0.29, 0.717) is 5.82 Å². The lowest BCUT2D eigenvalue weighted by Gasteiger charge is -2.14. The molecule has 0 saturated carbocycles. The van der Waals surface area contributed by atoms with Gasteiger partial charge in [0.05, 0.1) is 11.4 Å². The fourth-order valence-electron chi connectivity index (χ4n) is 5.92. The summed E-state index contributed by atoms with van der Waals surface area (Å²) < 4.78 is 0. The maximum absolute atomic E-state index is 5.17. The largest absolute Gasteiger partial charge is 0.265 e.